The van der Waals surface area contributed by atoms with Crippen LogP contribution in [0.15, 0.2) is 12.3 Å². The molecule has 0 saturated carbocycles. The third kappa shape index (κ3) is 2.66. The van der Waals surface area contributed by atoms with Crippen molar-refractivity contribution in [3.8, 4) is 11.5 Å². The molecule has 19 heavy (non-hydrogen) atoms. The molecule has 1 aliphatic heterocycles. The first-order valence-corrected chi connectivity index (χ1v) is 6.80. The van der Waals surface area contributed by atoms with Gasteiger partial charge in [0.15, 0.2) is 5.82 Å². The number of hydrogen-bond acceptors (Lipinski definition) is 4. The van der Waals surface area contributed by atoms with Gasteiger partial charge in [-0.3, -0.25) is 0 Å². The van der Waals surface area contributed by atoms with Gasteiger partial charge in [0.2, 0.25) is 0 Å². The largest absolute Gasteiger partial charge is 0.341 e. The Morgan fingerprint density at radius 3 is 2.84 bits per heavy atom. The van der Waals surface area contributed by atoms with Crippen molar-refractivity contribution in [3.63, 3.8) is 0 Å². The van der Waals surface area contributed by atoms with Crippen LogP contribution in [0.1, 0.15) is 36.0 Å². The van der Waals surface area contributed by atoms with Crippen molar-refractivity contribution in [3.05, 3.63) is 29.5 Å². The summed E-state index contributed by atoms with van der Waals surface area (Å²) in [7, 11) is 0. The highest BCUT2D eigenvalue weighted by molar-refractivity contribution is 5.50. The quantitative estimate of drug-likeness (QED) is 0.863. The van der Waals surface area contributed by atoms with Gasteiger partial charge in [-0.2, -0.15) is 0 Å². The molecular formula is C14H19N5. The molecule has 1 saturated heterocycles. The molecule has 0 bridgehead atoms. The first kappa shape index (κ1) is 12.3. The standard InChI is InChI=1S/C14H19N5/c1-9-6-12(14-16-7-10(2)18-14)19-13(17-9)11-4-3-5-15-8-11/h6-7,11,15H,3-5,8H2,1-2H3,(H,16,18)/t11-/m1/s1. The van der Waals surface area contributed by atoms with Crippen molar-refractivity contribution >= 4 is 0 Å². The lowest BCUT2D eigenvalue weighted by Gasteiger charge is -2.21. The number of aromatic amines is 1. The predicted molar refractivity (Wildman–Crippen MR) is 73.9 cm³/mol. The Morgan fingerprint density at radius 1 is 1.26 bits per heavy atom. The van der Waals surface area contributed by atoms with Gasteiger partial charge in [-0.15, -0.1) is 0 Å². The fraction of sp³-hybridized carbons (Fsp3) is 0.500. The van der Waals surface area contributed by atoms with Crippen LogP contribution >= 0.6 is 0 Å². The Kier molecular flexibility index (Phi) is 3.29. The van der Waals surface area contributed by atoms with E-state index in [1.165, 1.54) is 6.42 Å². The fourth-order valence-corrected chi connectivity index (χ4v) is 2.51. The third-order valence-corrected chi connectivity index (χ3v) is 3.48. The van der Waals surface area contributed by atoms with Crippen LogP contribution in [-0.2, 0) is 0 Å². The van der Waals surface area contributed by atoms with Gasteiger partial charge in [-0.05, 0) is 39.3 Å². The molecule has 2 aromatic rings. The predicted octanol–water partition coefficient (Wildman–Crippen LogP) is 1.95. The van der Waals surface area contributed by atoms with Gasteiger partial charge < -0.3 is 10.3 Å². The molecular weight excluding hydrogens is 238 g/mol. The van der Waals surface area contributed by atoms with Crippen molar-refractivity contribution in [1.29, 1.82) is 0 Å². The molecule has 3 rings (SSSR count). The number of rotatable bonds is 2. The van der Waals surface area contributed by atoms with Crippen LogP contribution in [-0.4, -0.2) is 33.0 Å². The lowest BCUT2D eigenvalue weighted by Crippen LogP contribution is -2.29. The van der Waals surface area contributed by atoms with E-state index in [4.69, 9.17) is 4.98 Å². The van der Waals surface area contributed by atoms with Crippen LogP contribution in [0.4, 0.5) is 0 Å². The third-order valence-electron chi connectivity index (χ3n) is 3.48. The number of aryl methyl sites for hydroxylation is 2. The van der Waals surface area contributed by atoms with E-state index in [-0.39, 0.29) is 0 Å². The number of hydrogen-bond donors (Lipinski definition) is 2. The average Bonchev–Trinajstić information content (AvgIpc) is 2.86. The molecule has 0 aromatic carbocycles. The van der Waals surface area contributed by atoms with Crippen LogP contribution in [0.3, 0.4) is 0 Å². The molecule has 2 N–H and O–H groups in total. The van der Waals surface area contributed by atoms with E-state index in [1.54, 1.807) is 0 Å². The van der Waals surface area contributed by atoms with E-state index in [9.17, 15) is 0 Å². The number of aromatic nitrogens is 4. The molecule has 1 fully saturated rings. The summed E-state index contributed by atoms with van der Waals surface area (Å²) >= 11 is 0. The van der Waals surface area contributed by atoms with Gasteiger partial charge in [-0.1, -0.05) is 0 Å². The van der Waals surface area contributed by atoms with Gasteiger partial charge in [0.05, 0.1) is 0 Å². The van der Waals surface area contributed by atoms with Gasteiger partial charge in [0.1, 0.15) is 11.5 Å². The molecule has 1 atom stereocenters. The van der Waals surface area contributed by atoms with Gasteiger partial charge in [0.25, 0.3) is 0 Å². The second kappa shape index (κ2) is 5.09. The molecule has 0 radical (unpaired) electrons. The summed E-state index contributed by atoms with van der Waals surface area (Å²) in [6.07, 6.45) is 4.18. The second-order valence-corrected chi connectivity index (χ2v) is 5.21. The van der Waals surface area contributed by atoms with E-state index < -0.39 is 0 Å². The summed E-state index contributed by atoms with van der Waals surface area (Å²) in [5, 5.41) is 3.41. The summed E-state index contributed by atoms with van der Waals surface area (Å²) in [6.45, 7) is 6.09. The van der Waals surface area contributed by atoms with Crippen LogP contribution in [0, 0.1) is 13.8 Å². The average molecular weight is 257 g/mol. The monoisotopic (exact) mass is 257 g/mol. The fourth-order valence-electron chi connectivity index (χ4n) is 2.51. The normalized spacial score (nSPS) is 19.6. The first-order chi connectivity index (χ1) is 9.22. The Labute approximate surface area is 112 Å². The van der Waals surface area contributed by atoms with Crippen molar-refractivity contribution < 1.29 is 0 Å². The summed E-state index contributed by atoms with van der Waals surface area (Å²) in [6, 6.07) is 1.98. The van der Waals surface area contributed by atoms with Crippen molar-refractivity contribution in [2.45, 2.75) is 32.6 Å². The highest BCUT2D eigenvalue weighted by Gasteiger charge is 2.19. The highest BCUT2D eigenvalue weighted by Crippen LogP contribution is 2.23. The number of nitrogens with zero attached hydrogens (tertiary/aromatic N) is 3. The number of nitrogens with one attached hydrogen (secondary N) is 2. The molecule has 2 aromatic heterocycles. The molecule has 0 spiro atoms. The van der Waals surface area contributed by atoms with Gasteiger partial charge >= 0.3 is 0 Å². The number of H-pyrrole nitrogens is 1. The van der Waals surface area contributed by atoms with E-state index in [1.807, 2.05) is 26.1 Å². The maximum Gasteiger partial charge on any atom is 0.156 e. The molecule has 0 amide bonds. The van der Waals surface area contributed by atoms with Crippen molar-refractivity contribution in [2.75, 3.05) is 13.1 Å². The minimum Gasteiger partial charge on any atom is -0.341 e. The Bertz CT molecular complexity index is 569. The maximum atomic E-state index is 4.70. The zero-order valence-electron chi connectivity index (χ0n) is 11.4. The summed E-state index contributed by atoms with van der Waals surface area (Å²) in [5.41, 5.74) is 2.94. The smallest absolute Gasteiger partial charge is 0.156 e. The molecule has 0 unspecified atom stereocenters. The number of piperidine rings is 1. The molecule has 5 heteroatoms. The molecule has 0 aliphatic carbocycles. The molecule has 5 nitrogen and oxygen atoms in total. The minimum atomic E-state index is 0.420. The summed E-state index contributed by atoms with van der Waals surface area (Å²) in [4.78, 5) is 16.9. The lowest BCUT2D eigenvalue weighted by atomic mass is 9.98. The van der Waals surface area contributed by atoms with Gasteiger partial charge in [0, 0.05) is 30.0 Å². The first-order valence-electron chi connectivity index (χ1n) is 6.80. The van der Waals surface area contributed by atoms with Crippen molar-refractivity contribution in [2.24, 2.45) is 0 Å². The van der Waals surface area contributed by atoms with Crippen molar-refractivity contribution in [1.82, 2.24) is 25.3 Å². The lowest BCUT2D eigenvalue weighted by molar-refractivity contribution is 0.446. The van der Waals surface area contributed by atoms with E-state index in [2.05, 4.69) is 20.3 Å². The topological polar surface area (TPSA) is 66.5 Å². The SMILES string of the molecule is Cc1cc(-c2ncc(C)[nH]2)nc([C@@H]2CCCNC2)n1. The molecule has 1 aliphatic rings. The molecule has 100 valence electrons. The van der Waals surface area contributed by atoms with E-state index in [0.717, 1.165) is 48.2 Å². The minimum absolute atomic E-state index is 0.420. The zero-order valence-corrected chi connectivity index (χ0v) is 11.4. The Balaban J connectivity index is 1.95. The zero-order chi connectivity index (χ0) is 13.2. The van der Waals surface area contributed by atoms with Gasteiger partial charge in [-0.25, -0.2) is 15.0 Å². The van der Waals surface area contributed by atoms with Crippen LogP contribution < -0.4 is 5.32 Å². The van der Waals surface area contributed by atoms with Crippen LogP contribution in [0.25, 0.3) is 11.5 Å². The Hall–Kier alpha value is -1.75. The maximum absolute atomic E-state index is 4.70. The summed E-state index contributed by atoms with van der Waals surface area (Å²) in [5.74, 6) is 2.19. The molecule has 3 heterocycles. The van der Waals surface area contributed by atoms with E-state index in [0.29, 0.717) is 5.92 Å². The second-order valence-electron chi connectivity index (χ2n) is 5.21. The summed E-state index contributed by atoms with van der Waals surface area (Å²) < 4.78 is 0. The highest BCUT2D eigenvalue weighted by atomic mass is 15.0. The van der Waals surface area contributed by atoms with Crippen LogP contribution in [0.2, 0.25) is 0 Å². The van der Waals surface area contributed by atoms with Crippen LogP contribution in [0.5, 0.6) is 0 Å². The number of imidazole rings is 1. The van der Waals surface area contributed by atoms with E-state index >= 15 is 0 Å². The Morgan fingerprint density at radius 2 is 2.16 bits per heavy atom.